The van der Waals surface area contributed by atoms with Crippen LogP contribution in [0.2, 0.25) is 5.02 Å². The zero-order chi connectivity index (χ0) is 13.0. The number of rotatable bonds is 4. The van der Waals surface area contributed by atoms with Gasteiger partial charge < -0.3 is 10.5 Å². The molecule has 3 heteroatoms. The van der Waals surface area contributed by atoms with Gasteiger partial charge in [0.05, 0.1) is 12.6 Å². The molecule has 94 valence electrons. The van der Waals surface area contributed by atoms with Crippen LogP contribution in [0, 0.1) is 0 Å². The highest BCUT2D eigenvalue weighted by Crippen LogP contribution is 2.24. The van der Waals surface area contributed by atoms with Gasteiger partial charge in [-0.3, -0.25) is 0 Å². The lowest BCUT2D eigenvalue weighted by Crippen LogP contribution is -2.11. The Morgan fingerprint density at radius 2 is 1.78 bits per heavy atom. The van der Waals surface area contributed by atoms with E-state index >= 15 is 0 Å². The van der Waals surface area contributed by atoms with E-state index in [0.29, 0.717) is 11.6 Å². The molecule has 0 fully saturated rings. The molecule has 0 spiro atoms. The summed E-state index contributed by atoms with van der Waals surface area (Å²) in [7, 11) is 0. The zero-order valence-electron chi connectivity index (χ0n) is 10.3. The van der Waals surface area contributed by atoms with Gasteiger partial charge in [-0.1, -0.05) is 35.9 Å². The maximum atomic E-state index is 6.24. The highest BCUT2D eigenvalue weighted by Gasteiger charge is 2.09. The second-order valence-corrected chi connectivity index (χ2v) is 4.47. The molecule has 0 amide bonds. The molecular formula is C15H16ClNO. The fourth-order valence-corrected chi connectivity index (χ4v) is 2.06. The van der Waals surface area contributed by atoms with Crippen molar-refractivity contribution in [2.45, 2.75) is 13.0 Å². The van der Waals surface area contributed by atoms with Gasteiger partial charge >= 0.3 is 0 Å². The minimum atomic E-state index is -0.191. The topological polar surface area (TPSA) is 35.2 Å². The number of benzene rings is 2. The standard InChI is InChI=1S/C15H16ClNO/c1-2-18-14-8-4-6-12(10-14)15(17)11-5-3-7-13(16)9-11/h3-10,15H,2,17H2,1H3. The molecule has 2 nitrogen and oxygen atoms in total. The lowest BCUT2D eigenvalue weighted by atomic mass is 9.99. The Morgan fingerprint density at radius 1 is 1.11 bits per heavy atom. The van der Waals surface area contributed by atoms with Crippen molar-refractivity contribution >= 4 is 11.6 Å². The maximum absolute atomic E-state index is 6.24. The van der Waals surface area contributed by atoms with E-state index in [9.17, 15) is 0 Å². The normalized spacial score (nSPS) is 12.2. The summed E-state index contributed by atoms with van der Waals surface area (Å²) in [6.07, 6.45) is 0. The zero-order valence-corrected chi connectivity index (χ0v) is 11.0. The summed E-state index contributed by atoms with van der Waals surface area (Å²) in [5, 5.41) is 0.698. The molecule has 2 aromatic rings. The van der Waals surface area contributed by atoms with Crippen molar-refractivity contribution in [3.63, 3.8) is 0 Å². The van der Waals surface area contributed by atoms with E-state index in [1.165, 1.54) is 0 Å². The minimum Gasteiger partial charge on any atom is -0.494 e. The van der Waals surface area contributed by atoms with E-state index < -0.39 is 0 Å². The molecule has 2 rings (SSSR count). The molecule has 18 heavy (non-hydrogen) atoms. The Kier molecular flexibility index (Phi) is 4.24. The minimum absolute atomic E-state index is 0.191. The van der Waals surface area contributed by atoms with Crippen molar-refractivity contribution < 1.29 is 4.74 Å². The largest absolute Gasteiger partial charge is 0.494 e. The Balaban J connectivity index is 2.27. The molecule has 2 N–H and O–H groups in total. The molecule has 0 aromatic heterocycles. The third kappa shape index (κ3) is 3.03. The molecule has 0 saturated carbocycles. The second kappa shape index (κ2) is 5.89. The number of nitrogens with two attached hydrogens (primary N) is 1. The van der Waals surface area contributed by atoms with Crippen LogP contribution in [0.25, 0.3) is 0 Å². The molecule has 0 aliphatic heterocycles. The van der Waals surface area contributed by atoms with Gasteiger partial charge in [0.25, 0.3) is 0 Å². The fourth-order valence-electron chi connectivity index (χ4n) is 1.86. The Hall–Kier alpha value is -1.51. The van der Waals surface area contributed by atoms with E-state index in [4.69, 9.17) is 22.1 Å². The van der Waals surface area contributed by atoms with Crippen LogP contribution in [0.15, 0.2) is 48.5 Å². The predicted molar refractivity (Wildman–Crippen MR) is 75.1 cm³/mol. The lowest BCUT2D eigenvalue weighted by molar-refractivity contribution is 0.340. The Morgan fingerprint density at radius 3 is 2.44 bits per heavy atom. The number of hydrogen-bond donors (Lipinski definition) is 1. The van der Waals surface area contributed by atoms with Crippen molar-refractivity contribution in [2.24, 2.45) is 5.73 Å². The van der Waals surface area contributed by atoms with Crippen LogP contribution in [-0.4, -0.2) is 6.61 Å². The van der Waals surface area contributed by atoms with Crippen molar-refractivity contribution in [1.29, 1.82) is 0 Å². The number of halogens is 1. The van der Waals surface area contributed by atoms with E-state index in [0.717, 1.165) is 16.9 Å². The molecule has 1 atom stereocenters. The quantitative estimate of drug-likeness (QED) is 0.909. The first-order chi connectivity index (χ1) is 8.70. The fraction of sp³-hybridized carbons (Fsp3) is 0.200. The smallest absolute Gasteiger partial charge is 0.119 e. The van der Waals surface area contributed by atoms with Gasteiger partial charge in [0.1, 0.15) is 5.75 Å². The van der Waals surface area contributed by atoms with E-state index in [1.54, 1.807) is 0 Å². The third-order valence-corrected chi connectivity index (χ3v) is 2.97. The van der Waals surface area contributed by atoms with Crippen LogP contribution in [0.4, 0.5) is 0 Å². The lowest BCUT2D eigenvalue weighted by Gasteiger charge is -2.14. The van der Waals surface area contributed by atoms with Gasteiger partial charge in [0.2, 0.25) is 0 Å². The molecule has 0 bridgehead atoms. The van der Waals surface area contributed by atoms with Crippen LogP contribution in [0.3, 0.4) is 0 Å². The van der Waals surface area contributed by atoms with Crippen molar-refractivity contribution in [3.8, 4) is 5.75 Å². The first-order valence-corrected chi connectivity index (χ1v) is 6.32. The molecule has 0 radical (unpaired) electrons. The van der Waals surface area contributed by atoms with Gasteiger partial charge in [0.15, 0.2) is 0 Å². The van der Waals surface area contributed by atoms with Gasteiger partial charge in [-0.25, -0.2) is 0 Å². The summed E-state index contributed by atoms with van der Waals surface area (Å²) in [6, 6.07) is 15.3. The van der Waals surface area contributed by atoms with Gasteiger partial charge in [-0.15, -0.1) is 0 Å². The molecule has 2 aromatic carbocycles. The average molecular weight is 262 g/mol. The van der Waals surface area contributed by atoms with E-state index in [-0.39, 0.29) is 6.04 Å². The first kappa shape index (κ1) is 12.9. The molecule has 0 aliphatic rings. The molecular weight excluding hydrogens is 246 g/mol. The van der Waals surface area contributed by atoms with Crippen LogP contribution in [0.1, 0.15) is 24.1 Å². The predicted octanol–water partition coefficient (Wildman–Crippen LogP) is 3.79. The summed E-state index contributed by atoms with van der Waals surface area (Å²) < 4.78 is 5.47. The first-order valence-electron chi connectivity index (χ1n) is 5.94. The van der Waals surface area contributed by atoms with E-state index in [1.807, 2.05) is 55.5 Å². The highest BCUT2D eigenvalue weighted by molar-refractivity contribution is 6.30. The molecule has 1 unspecified atom stereocenters. The van der Waals surface area contributed by atoms with Crippen molar-refractivity contribution in [2.75, 3.05) is 6.61 Å². The van der Waals surface area contributed by atoms with Gasteiger partial charge in [0, 0.05) is 5.02 Å². The third-order valence-electron chi connectivity index (χ3n) is 2.74. The highest BCUT2D eigenvalue weighted by atomic mass is 35.5. The number of ether oxygens (including phenoxy) is 1. The molecule has 0 saturated heterocycles. The molecule has 0 aliphatic carbocycles. The summed E-state index contributed by atoms with van der Waals surface area (Å²) in [4.78, 5) is 0. The van der Waals surface area contributed by atoms with Crippen molar-refractivity contribution in [3.05, 3.63) is 64.7 Å². The SMILES string of the molecule is CCOc1cccc(C(N)c2cccc(Cl)c2)c1. The summed E-state index contributed by atoms with van der Waals surface area (Å²) in [5.74, 6) is 0.840. The summed E-state index contributed by atoms with van der Waals surface area (Å²) in [6.45, 7) is 2.61. The van der Waals surface area contributed by atoms with Crippen LogP contribution >= 0.6 is 11.6 Å². The van der Waals surface area contributed by atoms with Gasteiger partial charge in [-0.05, 0) is 42.3 Å². The Bertz CT molecular complexity index is 527. The molecule has 0 heterocycles. The maximum Gasteiger partial charge on any atom is 0.119 e. The average Bonchev–Trinajstić information content (AvgIpc) is 2.39. The van der Waals surface area contributed by atoms with Crippen LogP contribution in [-0.2, 0) is 0 Å². The second-order valence-electron chi connectivity index (χ2n) is 4.04. The van der Waals surface area contributed by atoms with Crippen LogP contribution < -0.4 is 10.5 Å². The Labute approximate surface area is 112 Å². The summed E-state index contributed by atoms with van der Waals surface area (Å²) in [5.41, 5.74) is 8.25. The van der Waals surface area contributed by atoms with Crippen LogP contribution in [0.5, 0.6) is 5.75 Å². The van der Waals surface area contributed by atoms with Crippen molar-refractivity contribution in [1.82, 2.24) is 0 Å². The van der Waals surface area contributed by atoms with E-state index in [2.05, 4.69) is 0 Å². The number of hydrogen-bond acceptors (Lipinski definition) is 2. The monoisotopic (exact) mass is 261 g/mol. The summed E-state index contributed by atoms with van der Waals surface area (Å²) >= 11 is 5.98. The van der Waals surface area contributed by atoms with Gasteiger partial charge in [-0.2, -0.15) is 0 Å².